The van der Waals surface area contributed by atoms with Crippen LogP contribution in [0.2, 0.25) is 0 Å². The molecule has 2 rings (SSSR count). The van der Waals surface area contributed by atoms with Crippen LogP contribution in [0.25, 0.3) is 0 Å². The summed E-state index contributed by atoms with van der Waals surface area (Å²) in [6, 6.07) is 1.63. The number of halogens is 1. The van der Waals surface area contributed by atoms with Crippen molar-refractivity contribution in [3.8, 4) is 0 Å². The minimum Gasteiger partial charge on any atom is -0.297 e. The predicted molar refractivity (Wildman–Crippen MR) is 48.0 cm³/mol. The van der Waals surface area contributed by atoms with Crippen LogP contribution in [0.4, 0.5) is 4.39 Å². The zero-order valence-corrected chi connectivity index (χ0v) is 7.64. The van der Waals surface area contributed by atoms with Crippen molar-refractivity contribution in [3.63, 3.8) is 0 Å². The van der Waals surface area contributed by atoms with Crippen LogP contribution in [0.15, 0.2) is 0 Å². The Morgan fingerprint density at radius 1 is 1.08 bits per heavy atom. The third kappa shape index (κ3) is 1.49. The Hall–Kier alpha value is -0.110. The van der Waals surface area contributed by atoms with Crippen molar-refractivity contribution in [2.45, 2.75) is 50.6 Å². The maximum absolute atomic E-state index is 12.0. The Balaban J connectivity index is 1.87. The van der Waals surface area contributed by atoms with Crippen LogP contribution >= 0.6 is 0 Å². The summed E-state index contributed by atoms with van der Waals surface area (Å²) in [4.78, 5) is 2.56. The fraction of sp³-hybridized carbons (Fsp3) is 1.00. The zero-order valence-electron chi connectivity index (χ0n) is 7.64. The number of hydrogen-bond donors (Lipinski definition) is 0. The van der Waals surface area contributed by atoms with E-state index in [0.29, 0.717) is 0 Å². The summed E-state index contributed by atoms with van der Waals surface area (Å²) >= 11 is 0. The first-order chi connectivity index (χ1) is 5.92. The SMILES string of the molecule is FCCCN1C2CCCC1CC2. The third-order valence-corrected chi connectivity index (χ3v) is 3.40. The van der Waals surface area contributed by atoms with E-state index < -0.39 is 0 Å². The molecule has 2 aliphatic rings. The lowest BCUT2D eigenvalue weighted by Gasteiger charge is -2.34. The Labute approximate surface area is 73.9 Å². The van der Waals surface area contributed by atoms with Crippen LogP contribution < -0.4 is 0 Å². The van der Waals surface area contributed by atoms with Gasteiger partial charge in [0.2, 0.25) is 0 Å². The van der Waals surface area contributed by atoms with E-state index in [1.54, 1.807) is 0 Å². The summed E-state index contributed by atoms with van der Waals surface area (Å²) in [5.74, 6) is 0. The first kappa shape index (κ1) is 8.49. The highest BCUT2D eigenvalue weighted by atomic mass is 19.1. The van der Waals surface area contributed by atoms with Crippen molar-refractivity contribution in [3.05, 3.63) is 0 Å². The third-order valence-electron chi connectivity index (χ3n) is 3.40. The van der Waals surface area contributed by atoms with Gasteiger partial charge < -0.3 is 0 Å². The van der Waals surface area contributed by atoms with Gasteiger partial charge >= 0.3 is 0 Å². The smallest absolute Gasteiger partial charge is 0.0906 e. The quantitative estimate of drug-likeness (QED) is 0.630. The minimum atomic E-state index is -0.143. The van der Waals surface area contributed by atoms with Gasteiger partial charge in [0.15, 0.2) is 0 Å². The van der Waals surface area contributed by atoms with E-state index in [4.69, 9.17) is 0 Å². The second kappa shape index (κ2) is 3.73. The summed E-state index contributed by atoms with van der Waals surface area (Å²) in [6.07, 6.45) is 7.62. The lowest BCUT2D eigenvalue weighted by atomic mass is 10.0. The van der Waals surface area contributed by atoms with Gasteiger partial charge in [-0.3, -0.25) is 9.29 Å². The van der Waals surface area contributed by atoms with Gasteiger partial charge in [-0.25, -0.2) is 0 Å². The average molecular weight is 171 g/mol. The molecule has 70 valence electrons. The first-order valence-electron chi connectivity index (χ1n) is 5.23. The van der Waals surface area contributed by atoms with Gasteiger partial charge in [0.25, 0.3) is 0 Å². The molecule has 0 aromatic heterocycles. The van der Waals surface area contributed by atoms with Crippen molar-refractivity contribution in [2.24, 2.45) is 0 Å². The Bertz CT molecular complexity index is 133. The van der Waals surface area contributed by atoms with Crippen LogP contribution in [0.5, 0.6) is 0 Å². The number of rotatable bonds is 3. The second-order valence-corrected chi connectivity index (χ2v) is 4.10. The minimum absolute atomic E-state index is 0.143. The Morgan fingerprint density at radius 3 is 2.33 bits per heavy atom. The fourth-order valence-electron chi connectivity index (χ4n) is 2.83. The molecular weight excluding hydrogens is 153 g/mol. The predicted octanol–water partition coefficient (Wildman–Crippen LogP) is 2.36. The zero-order chi connectivity index (χ0) is 8.39. The molecule has 2 bridgehead atoms. The molecule has 2 heterocycles. The van der Waals surface area contributed by atoms with E-state index in [2.05, 4.69) is 4.90 Å². The van der Waals surface area contributed by atoms with E-state index in [1.165, 1.54) is 32.1 Å². The fourth-order valence-corrected chi connectivity index (χ4v) is 2.83. The Kier molecular flexibility index (Phi) is 2.64. The van der Waals surface area contributed by atoms with Gasteiger partial charge in [-0.05, 0) is 32.1 Å². The van der Waals surface area contributed by atoms with E-state index >= 15 is 0 Å². The summed E-state index contributed by atoms with van der Waals surface area (Å²) in [5, 5.41) is 0. The molecule has 2 unspecified atom stereocenters. The topological polar surface area (TPSA) is 3.24 Å². The molecule has 0 saturated carbocycles. The molecule has 2 fully saturated rings. The Morgan fingerprint density at radius 2 is 1.75 bits per heavy atom. The number of piperidine rings is 1. The summed E-state index contributed by atoms with van der Waals surface area (Å²) < 4.78 is 12.0. The molecule has 0 N–H and O–H groups in total. The average Bonchev–Trinajstić information content (AvgIpc) is 2.36. The molecular formula is C10H18FN. The van der Waals surface area contributed by atoms with Crippen LogP contribution in [-0.2, 0) is 0 Å². The number of hydrogen-bond acceptors (Lipinski definition) is 1. The molecule has 0 radical (unpaired) electrons. The highest BCUT2D eigenvalue weighted by molar-refractivity contribution is 4.91. The van der Waals surface area contributed by atoms with Crippen LogP contribution in [-0.4, -0.2) is 30.2 Å². The number of alkyl halides is 1. The lowest BCUT2D eigenvalue weighted by Crippen LogP contribution is -2.40. The molecule has 0 amide bonds. The van der Waals surface area contributed by atoms with Crippen molar-refractivity contribution in [1.82, 2.24) is 4.90 Å². The normalized spacial score (nSPS) is 35.8. The molecule has 0 spiro atoms. The molecule has 2 saturated heterocycles. The van der Waals surface area contributed by atoms with E-state index in [-0.39, 0.29) is 6.67 Å². The van der Waals surface area contributed by atoms with Gasteiger partial charge in [0, 0.05) is 18.6 Å². The first-order valence-corrected chi connectivity index (χ1v) is 5.23. The van der Waals surface area contributed by atoms with Crippen LogP contribution in [0.3, 0.4) is 0 Å². The summed E-state index contributed by atoms with van der Waals surface area (Å²) in [6.45, 7) is 0.863. The maximum atomic E-state index is 12.0. The van der Waals surface area contributed by atoms with Crippen LogP contribution in [0.1, 0.15) is 38.5 Å². The highest BCUT2D eigenvalue weighted by Gasteiger charge is 2.35. The van der Waals surface area contributed by atoms with Crippen molar-refractivity contribution in [2.75, 3.05) is 13.2 Å². The van der Waals surface area contributed by atoms with Gasteiger partial charge in [-0.2, -0.15) is 0 Å². The van der Waals surface area contributed by atoms with Crippen molar-refractivity contribution in [1.29, 1.82) is 0 Å². The van der Waals surface area contributed by atoms with Gasteiger partial charge in [-0.1, -0.05) is 6.42 Å². The summed E-state index contributed by atoms with van der Waals surface area (Å²) in [5.41, 5.74) is 0. The maximum Gasteiger partial charge on any atom is 0.0906 e. The molecule has 2 aliphatic heterocycles. The van der Waals surface area contributed by atoms with Crippen molar-refractivity contribution >= 4 is 0 Å². The monoisotopic (exact) mass is 171 g/mol. The van der Waals surface area contributed by atoms with Gasteiger partial charge in [-0.15, -0.1) is 0 Å². The largest absolute Gasteiger partial charge is 0.297 e. The number of fused-ring (bicyclic) bond motifs is 2. The lowest BCUT2D eigenvalue weighted by molar-refractivity contribution is 0.135. The molecule has 0 aromatic carbocycles. The summed E-state index contributed by atoms with van der Waals surface area (Å²) in [7, 11) is 0. The molecule has 0 aromatic rings. The molecule has 2 atom stereocenters. The van der Waals surface area contributed by atoms with Crippen LogP contribution in [0, 0.1) is 0 Å². The van der Waals surface area contributed by atoms with E-state index in [0.717, 1.165) is 25.0 Å². The van der Waals surface area contributed by atoms with E-state index in [9.17, 15) is 4.39 Å². The van der Waals surface area contributed by atoms with Crippen molar-refractivity contribution < 1.29 is 4.39 Å². The number of nitrogens with zero attached hydrogens (tertiary/aromatic N) is 1. The molecule has 12 heavy (non-hydrogen) atoms. The van der Waals surface area contributed by atoms with Gasteiger partial charge in [0.05, 0.1) is 6.67 Å². The highest BCUT2D eigenvalue weighted by Crippen LogP contribution is 2.35. The van der Waals surface area contributed by atoms with E-state index in [1.807, 2.05) is 0 Å². The van der Waals surface area contributed by atoms with Gasteiger partial charge in [0.1, 0.15) is 0 Å². The standard InChI is InChI=1S/C10H18FN/c11-7-2-8-12-9-3-1-4-10(12)6-5-9/h9-10H,1-8H2. The molecule has 2 heteroatoms. The second-order valence-electron chi connectivity index (χ2n) is 4.10. The molecule has 0 aliphatic carbocycles. The molecule has 1 nitrogen and oxygen atoms in total.